The van der Waals surface area contributed by atoms with Crippen LogP contribution in [-0.2, 0) is 6.54 Å². The van der Waals surface area contributed by atoms with Crippen molar-refractivity contribution in [3.8, 4) is 17.3 Å². The molecular weight excluding hydrogens is 309 g/mol. The summed E-state index contributed by atoms with van der Waals surface area (Å²) in [5.41, 5.74) is 1.59. The van der Waals surface area contributed by atoms with Crippen LogP contribution in [-0.4, -0.2) is 30.8 Å². The predicted molar refractivity (Wildman–Crippen MR) is 86.1 cm³/mol. The number of aromatic nitrogens is 5. The van der Waals surface area contributed by atoms with Crippen LogP contribution in [0.1, 0.15) is 0 Å². The van der Waals surface area contributed by atoms with Crippen LogP contribution in [0.25, 0.3) is 17.2 Å². The molecule has 0 bridgehead atoms. The van der Waals surface area contributed by atoms with Crippen LogP contribution >= 0.6 is 0 Å². The van der Waals surface area contributed by atoms with Crippen molar-refractivity contribution in [2.45, 2.75) is 6.54 Å². The SMILES string of the molecule is Fc1ccccc1OCCn1ccnc1-c1cccc2ncnn12. The van der Waals surface area contributed by atoms with Gasteiger partial charge in [-0.1, -0.05) is 18.2 Å². The highest BCUT2D eigenvalue weighted by Gasteiger charge is 2.11. The number of rotatable bonds is 5. The quantitative estimate of drug-likeness (QED) is 0.567. The lowest BCUT2D eigenvalue weighted by Crippen LogP contribution is -2.10. The summed E-state index contributed by atoms with van der Waals surface area (Å²) in [6, 6.07) is 12.1. The highest BCUT2D eigenvalue weighted by atomic mass is 19.1. The Morgan fingerprint density at radius 3 is 2.88 bits per heavy atom. The Morgan fingerprint density at radius 2 is 1.96 bits per heavy atom. The molecule has 0 N–H and O–H groups in total. The van der Waals surface area contributed by atoms with Crippen molar-refractivity contribution in [3.05, 3.63) is 67.0 Å². The molecule has 6 nitrogen and oxygen atoms in total. The average Bonchev–Trinajstić information content (AvgIpc) is 3.25. The van der Waals surface area contributed by atoms with Crippen LogP contribution < -0.4 is 4.74 Å². The molecule has 0 atom stereocenters. The van der Waals surface area contributed by atoms with Crippen LogP contribution in [0.5, 0.6) is 5.75 Å². The molecule has 0 amide bonds. The largest absolute Gasteiger partial charge is 0.489 e. The molecule has 0 fully saturated rings. The maximum Gasteiger partial charge on any atom is 0.165 e. The number of halogens is 1. The van der Waals surface area contributed by atoms with Gasteiger partial charge in [0.15, 0.2) is 23.0 Å². The maximum atomic E-state index is 13.6. The van der Waals surface area contributed by atoms with E-state index in [4.69, 9.17) is 4.74 Å². The zero-order chi connectivity index (χ0) is 16.4. The Kier molecular flexibility index (Phi) is 3.66. The van der Waals surface area contributed by atoms with Crippen molar-refractivity contribution >= 4 is 5.65 Å². The lowest BCUT2D eigenvalue weighted by atomic mass is 10.3. The second-order valence-corrected chi connectivity index (χ2v) is 5.16. The normalized spacial score (nSPS) is 11.0. The summed E-state index contributed by atoms with van der Waals surface area (Å²) >= 11 is 0. The number of hydrogen-bond donors (Lipinski definition) is 0. The van der Waals surface area contributed by atoms with Gasteiger partial charge in [0.05, 0.1) is 6.54 Å². The van der Waals surface area contributed by atoms with Crippen molar-refractivity contribution in [2.24, 2.45) is 0 Å². The number of ether oxygens (including phenoxy) is 1. The molecule has 0 unspecified atom stereocenters. The fourth-order valence-corrected chi connectivity index (χ4v) is 2.55. The molecular formula is C17H14FN5O. The lowest BCUT2D eigenvalue weighted by molar-refractivity contribution is 0.285. The van der Waals surface area contributed by atoms with E-state index in [9.17, 15) is 4.39 Å². The highest BCUT2D eigenvalue weighted by Crippen LogP contribution is 2.19. The molecule has 0 aliphatic rings. The van der Waals surface area contributed by atoms with E-state index in [1.807, 2.05) is 29.0 Å². The topological polar surface area (TPSA) is 57.2 Å². The van der Waals surface area contributed by atoms with E-state index >= 15 is 0 Å². The van der Waals surface area contributed by atoms with Gasteiger partial charge in [0.2, 0.25) is 0 Å². The summed E-state index contributed by atoms with van der Waals surface area (Å²) < 4.78 is 22.8. The smallest absolute Gasteiger partial charge is 0.165 e. The van der Waals surface area contributed by atoms with Gasteiger partial charge in [0, 0.05) is 12.4 Å². The van der Waals surface area contributed by atoms with Crippen LogP contribution in [0.3, 0.4) is 0 Å². The second-order valence-electron chi connectivity index (χ2n) is 5.16. The first-order valence-corrected chi connectivity index (χ1v) is 7.50. The first-order chi connectivity index (χ1) is 11.8. The van der Waals surface area contributed by atoms with Gasteiger partial charge in [0.1, 0.15) is 18.6 Å². The standard InChI is InChI=1S/C17H14FN5O/c18-13-4-1-2-6-15(13)24-11-10-22-9-8-19-17(22)14-5-3-7-16-20-12-21-23(14)16/h1-9,12H,10-11H2. The molecule has 24 heavy (non-hydrogen) atoms. The number of imidazole rings is 1. The number of fused-ring (bicyclic) bond motifs is 1. The average molecular weight is 323 g/mol. The summed E-state index contributed by atoms with van der Waals surface area (Å²) in [6.07, 6.45) is 5.08. The van der Waals surface area contributed by atoms with E-state index in [0.717, 1.165) is 17.2 Å². The highest BCUT2D eigenvalue weighted by molar-refractivity contribution is 5.56. The van der Waals surface area contributed by atoms with Crippen LogP contribution in [0.15, 0.2) is 61.2 Å². The van der Waals surface area contributed by atoms with Crippen molar-refractivity contribution < 1.29 is 9.13 Å². The van der Waals surface area contributed by atoms with Gasteiger partial charge in [-0.3, -0.25) is 0 Å². The summed E-state index contributed by atoms with van der Waals surface area (Å²) in [4.78, 5) is 8.58. The monoisotopic (exact) mass is 323 g/mol. The second kappa shape index (κ2) is 6.11. The van der Waals surface area contributed by atoms with E-state index in [0.29, 0.717) is 13.2 Å². The number of benzene rings is 1. The molecule has 4 aromatic rings. The van der Waals surface area contributed by atoms with Gasteiger partial charge in [-0.2, -0.15) is 5.10 Å². The first kappa shape index (κ1) is 14.4. The molecule has 3 heterocycles. The van der Waals surface area contributed by atoms with Crippen LogP contribution in [0.2, 0.25) is 0 Å². The minimum atomic E-state index is -0.365. The van der Waals surface area contributed by atoms with E-state index in [1.165, 1.54) is 12.4 Å². The van der Waals surface area contributed by atoms with Crippen molar-refractivity contribution in [3.63, 3.8) is 0 Å². The molecule has 3 aromatic heterocycles. The molecule has 0 radical (unpaired) electrons. The zero-order valence-corrected chi connectivity index (χ0v) is 12.7. The molecule has 120 valence electrons. The minimum Gasteiger partial charge on any atom is -0.489 e. The number of hydrogen-bond acceptors (Lipinski definition) is 4. The first-order valence-electron chi connectivity index (χ1n) is 7.50. The summed E-state index contributed by atoms with van der Waals surface area (Å²) in [5.74, 6) is 0.636. The third-order valence-electron chi connectivity index (χ3n) is 3.67. The Bertz CT molecular complexity index is 978. The van der Waals surface area contributed by atoms with Gasteiger partial charge in [-0.05, 0) is 24.3 Å². The molecule has 0 aliphatic heterocycles. The van der Waals surface area contributed by atoms with E-state index in [1.54, 1.807) is 28.9 Å². The van der Waals surface area contributed by atoms with Gasteiger partial charge in [-0.15, -0.1) is 0 Å². The third-order valence-corrected chi connectivity index (χ3v) is 3.67. The molecule has 4 rings (SSSR count). The Labute approximate surface area is 137 Å². The maximum absolute atomic E-state index is 13.6. The Hall–Kier alpha value is -3.22. The van der Waals surface area contributed by atoms with Gasteiger partial charge < -0.3 is 9.30 Å². The molecule has 0 saturated carbocycles. The van der Waals surface area contributed by atoms with E-state index < -0.39 is 0 Å². The fourth-order valence-electron chi connectivity index (χ4n) is 2.55. The number of pyridine rings is 1. The zero-order valence-electron chi connectivity index (χ0n) is 12.7. The molecule has 0 spiro atoms. The van der Waals surface area contributed by atoms with Crippen molar-refractivity contribution in [1.29, 1.82) is 0 Å². The van der Waals surface area contributed by atoms with Gasteiger partial charge in [0.25, 0.3) is 0 Å². The van der Waals surface area contributed by atoms with Gasteiger partial charge >= 0.3 is 0 Å². The summed E-state index contributed by atoms with van der Waals surface area (Å²) in [7, 11) is 0. The van der Waals surface area contributed by atoms with Crippen LogP contribution in [0.4, 0.5) is 4.39 Å². The van der Waals surface area contributed by atoms with Gasteiger partial charge in [-0.25, -0.2) is 18.9 Å². The summed E-state index contributed by atoms with van der Waals surface area (Å²) in [5, 5.41) is 4.23. The lowest BCUT2D eigenvalue weighted by Gasteiger charge is -2.10. The van der Waals surface area contributed by atoms with E-state index in [-0.39, 0.29) is 11.6 Å². The molecule has 0 saturated heterocycles. The molecule has 7 heteroatoms. The fraction of sp³-hybridized carbons (Fsp3) is 0.118. The Balaban J connectivity index is 1.55. The van der Waals surface area contributed by atoms with Crippen molar-refractivity contribution in [1.82, 2.24) is 24.1 Å². The third kappa shape index (κ3) is 2.60. The van der Waals surface area contributed by atoms with Crippen molar-refractivity contribution in [2.75, 3.05) is 6.61 Å². The summed E-state index contributed by atoms with van der Waals surface area (Å²) in [6.45, 7) is 0.867. The minimum absolute atomic E-state index is 0.248. The predicted octanol–water partition coefficient (Wildman–Crippen LogP) is 2.81. The molecule has 1 aromatic carbocycles. The molecule has 0 aliphatic carbocycles. The Morgan fingerprint density at radius 1 is 1.04 bits per heavy atom. The number of para-hydroxylation sites is 1. The van der Waals surface area contributed by atoms with Crippen LogP contribution in [0, 0.1) is 5.82 Å². The number of nitrogens with zero attached hydrogens (tertiary/aromatic N) is 5. The van der Waals surface area contributed by atoms with E-state index in [2.05, 4.69) is 15.1 Å².